The van der Waals surface area contributed by atoms with Crippen molar-refractivity contribution in [2.45, 2.75) is 57.6 Å². The van der Waals surface area contributed by atoms with Crippen LogP contribution in [0.15, 0.2) is 0 Å². The zero-order valence-electron chi connectivity index (χ0n) is 9.30. The van der Waals surface area contributed by atoms with Crippen molar-refractivity contribution in [1.29, 1.82) is 0 Å². The minimum absolute atomic E-state index is 0.499. The first kappa shape index (κ1) is 10.4. The van der Waals surface area contributed by atoms with Crippen LogP contribution in [0.5, 0.6) is 0 Å². The van der Waals surface area contributed by atoms with Gasteiger partial charge in [-0.15, -0.1) is 0 Å². The Kier molecular flexibility index (Phi) is 3.82. The lowest BCUT2D eigenvalue weighted by molar-refractivity contribution is 0.106. The van der Waals surface area contributed by atoms with Gasteiger partial charge in [0.15, 0.2) is 0 Å². The molecule has 0 aromatic heterocycles. The standard InChI is InChI=1S/C12H23NO/c1-10(8-11-4-2-5-11)13-9-12-6-3-7-14-12/h10-13H,2-9H2,1H3. The number of hydrogen-bond acceptors (Lipinski definition) is 2. The van der Waals surface area contributed by atoms with Crippen LogP contribution in [0.25, 0.3) is 0 Å². The van der Waals surface area contributed by atoms with E-state index in [0.717, 1.165) is 19.1 Å². The van der Waals surface area contributed by atoms with E-state index in [9.17, 15) is 0 Å². The summed E-state index contributed by atoms with van der Waals surface area (Å²) in [7, 11) is 0. The second-order valence-corrected chi connectivity index (χ2v) is 4.98. The van der Waals surface area contributed by atoms with E-state index in [-0.39, 0.29) is 0 Å². The van der Waals surface area contributed by atoms with Crippen molar-refractivity contribution in [2.75, 3.05) is 13.2 Å². The largest absolute Gasteiger partial charge is 0.377 e. The minimum atomic E-state index is 0.499. The molecule has 0 spiro atoms. The van der Waals surface area contributed by atoms with E-state index in [1.807, 2.05) is 0 Å². The Morgan fingerprint density at radius 3 is 2.71 bits per heavy atom. The molecule has 1 saturated heterocycles. The highest BCUT2D eigenvalue weighted by atomic mass is 16.5. The van der Waals surface area contributed by atoms with Crippen LogP contribution >= 0.6 is 0 Å². The van der Waals surface area contributed by atoms with Gasteiger partial charge in [-0.25, -0.2) is 0 Å². The van der Waals surface area contributed by atoms with E-state index < -0.39 is 0 Å². The van der Waals surface area contributed by atoms with Gasteiger partial charge in [0, 0.05) is 19.2 Å². The molecule has 0 aromatic rings. The molecule has 0 bridgehead atoms. The summed E-state index contributed by atoms with van der Waals surface area (Å²) >= 11 is 0. The molecule has 2 unspecified atom stereocenters. The molecule has 2 fully saturated rings. The number of rotatable bonds is 5. The lowest BCUT2D eigenvalue weighted by Crippen LogP contribution is -2.35. The number of ether oxygens (including phenoxy) is 1. The van der Waals surface area contributed by atoms with Crippen molar-refractivity contribution < 1.29 is 4.74 Å². The molecular weight excluding hydrogens is 174 g/mol. The van der Waals surface area contributed by atoms with Gasteiger partial charge in [0.1, 0.15) is 0 Å². The molecule has 1 aliphatic carbocycles. The Morgan fingerprint density at radius 2 is 2.14 bits per heavy atom. The lowest BCUT2D eigenvalue weighted by atomic mass is 9.81. The average Bonchev–Trinajstić information content (AvgIpc) is 2.60. The van der Waals surface area contributed by atoms with Crippen molar-refractivity contribution in [2.24, 2.45) is 5.92 Å². The van der Waals surface area contributed by atoms with Gasteiger partial charge in [-0.2, -0.15) is 0 Å². The average molecular weight is 197 g/mol. The van der Waals surface area contributed by atoms with Crippen molar-refractivity contribution in [1.82, 2.24) is 5.32 Å². The second kappa shape index (κ2) is 5.13. The summed E-state index contributed by atoms with van der Waals surface area (Å²) in [5.41, 5.74) is 0. The van der Waals surface area contributed by atoms with Crippen molar-refractivity contribution in [3.05, 3.63) is 0 Å². The van der Waals surface area contributed by atoms with E-state index in [0.29, 0.717) is 12.1 Å². The van der Waals surface area contributed by atoms with Crippen molar-refractivity contribution in [3.63, 3.8) is 0 Å². The van der Waals surface area contributed by atoms with E-state index >= 15 is 0 Å². The molecule has 0 radical (unpaired) electrons. The molecule has 2 atom stereocenters. The van der Waals surface area contributed by atoms with Crippen LogP contribution in [0.1, 0.15) is 45.4 Å². The minimum Gasteiger partial charge on any atom is -0.377 e. The summed E-state index contributed by atoms with van der Waals surface area (Å²) in [6, 6.07) is 0.685. The number of hydrogen-bond donors (Lipinski definition) is 1. The smallest absolute Gasteiger partial charge is 0.0700 e. The molecule has 0 amide bonds. The molecule has 2 aliphatic rings. The maximum absolute atomic E-state index is 5.59. The molecular formula is C12H23NO. The lowest BCUT2D eigenvalue weighted by Gasteiger charge is -2.29. The molecule has 1 N–H and O–H groups in total. The SMILES string of the molecule is CC(CC1CCC1)NCC1CCCO1. The second-order valence-electron chi connectivity index (χ2n) is 4.98. The fourth-order valence-corrected chi connectivity index (χ4v) is 2.45. The Balaban J connectivity index is 1.54. The molecule has 14 heavy (non-hydrogen) atoms. The first-order valence-electron chi connectivity index (χ1n) is 6.19. The predicted molar refractivity (Wildman–Crippen MR) is 58.4 cm³/mol. The quantitative estimate of drug-likeness (QED) is 0.730. The van der Waals surface area contributed by atoms with Crippen molar-refractivity contribution >= 4 is 0 Å². The topological polar surface area (TPSA) is 21.3 Å². The zero-order valence-corrected chi connectivity index (χ0v) is 9.30. The maximum Gasteiger partial charge on any atom is 0.0700 e. The third-order valence-electron chi connectivity index (χ3n) is 3.63. The van der Waals surface area contributed by atoms with E-state index in [2.05, 4.69) is 12.2 Å². The zero-order chi connectivity index (χ0) is 9.80. The van der Waals surface area contributed by atoms with Gasteiger partial charge >= 0.3 is 0 Å². The van der Waals surface area contributed by atoms with Gasteiger partial charge in [0.05, 0.1) is 6.10 Å². The maximum atomic E-state index is 5.59. The first-order chi connectivity index (χ1) is 6.84. The number of nitrogens with one attached hydrogen (secondary N) is 1. The molecule has 2 rings (SSSR count). The van der Waals surface area contributed by atoms with Gasteiger partial charge in [0.2, 0.25) is 0 Å². The normalized spacial score (nSPS) is 30.2. The van der Waals surface area contributed by atoms with E-state index in [4.69, 9.17) is 4.74 Å². The predicted octanol–water partition coefficient (Wildman–Crippen LogP) is 2.33. The Bertz CT molecular complexity index is 162. The summed E-state index contributed by atoms with van der Waals surface area (Å²) in [5.74, 6) is 1.02. The molecule has 2 nitrogen and oxygen atoms in total. The first-order valence-corrected chi connectivity index (χ1v) is 6.19. The molecule has 0 aromatic carbocycles. The third-order valence-corrected chi connectivity index (χ3v) is 3.63. The van der Waals surface area contributed by atoms with Crippen LogP contribution in [0.4, 0.5) is 0 Å². The van der Waals surface area contributed by atoms with Crippen LogP contribution in [0.3, 0.4) is 0 Å². The van der Waals surface area contributed by atoms with Gasteiger partial charge < -0.3 is 10.1 Å². The van der Waals surface area contributed by atoms with Gasteiger partial charge in [-0.05, 0) is 32.1 Å². The summed E-state index contributed by atoms with van der Waals surface area (Å²) in [6.45, 7) is 4.35. The Morgan fingerprint density at radius 1 is 1.29 bits per heavy atom. The fraction of sp³-hybridized carbons (Fsp3) is 1.00. The molecule has 1 saturated carbocycles. The Hall–Kier alpha value is -0.0800. The molecule has 2 heteroatoms. The van der Waals surface area contributed by atoms with Gasteiger partial charge in [-0.3, -0.25) is 0 Å². The molecule has 82 valence electrons. The van der Waals surface area contributed by atoms with Gasteiger partial charge in [-0.1, -0.05) is 19.3 Å². The van der Waals surface area contributed by atoms with Crippen LogP contribution in [0.2, 0.25) is 0 Å². The highest BCUT2D eigenvalue weighted by molar-refractivity contribution is 4.76. The van der Waals surface area contributed by atoms with Crippen molar-refractivity contribution in [3.8, 4) is 0 Å². The fourth-order valence-electron chi connectivity index (χ4n) is 2.45. The molecule has 1 heterocycles. The highest BCUT2D eigenvalue weighted by Gasteiger charge is 2.21. The molecule has 1 aliphatic heterocycles. The van der Waals surface area contributed by atoms with Crippen LogP contribution in [0, 0.1) is 5.92 Å². The van der Waals surface area contributed by atoms with Crippen LogP contribution in [-0.2, 0) is 4.74 Å². The van der Waals surface area contributed by atoms with Gasteiger partial charge in [0.25, 0.3) is 0 Å². The van der Waals surface area contributed by atoms with E-state index in [1.54, 1.807) is 0 Å². The third kappa shape index (κ3) is 2.96. The summed E-state index contributed by atoms with van der Waals surface area (Å²) < 4.78 is 5.59. The van der Waals surface area contributed by atoms with Crippen LogP contribution < -0.4 is 5.32 Å². The van der Waals surface area contributed by atoms with E-state index in [1.165, 1.54) is 38.5 Å². The summed E-state index contributed by atoms with van der Waals surface area (Å²) in [5, 5.41) is 3.60. The Labute approximate surface area is 87.4 Å². The van der Waals surface area contributed by atoms with Crippen LogP contribution in [-0.4, -0.2) is 25.3 Å². The monoisotopic (exact) mass is 197 g/mol. The highest BCUT2D eigenvalue weighted by Crippen LogP contribution is 2.30. The summed E-state index contributed by atoms with van der Waals surface area (Å²) in [4.78, 5) is 0. The summed E-state index contributed by atoms with van der Waals surface area (Å²) in [6.07, 6.45) is 8.76.